The minimum absolute atomic E-state index is 0.164. The smallest absolute Gasteiger partial charge is 0.306 e. The maximum Gasteiger partial charge on any atom is 0.306 e. The van der Waals surface area contributed by atoms with Gasteiger partial charge in [0.05, 0.1) is 5.92 Å². The number of aromatic amines is 1. The van der Waals surface area contributed by atoms with Crippen LogP contribution in [0.5, 0.6) is 0 Å². The van der Waals surface area contributed by atoms with Gasteiger partial charge in [-0.1, -0.05) is 18.2 Å². The van der Waals surface area contributed by atoms with Crippen molar-refractivity contribution in [3.8, 4) is 0 Å². The molecule has 0 saturated heterocycles. The Labute approximate surface area is 151 Å². The monoisotopic (exact) mass is 357 g/mol. The molecule has 3 atom stereocenters. The summed E-state index contributed by atoms with van der Waals surface area (Å²) in [7, 11) is 0. The third-order valence-electron chi connectivity index (χ3n) is 4.92. The highest BCUT2D eigenvalue weighted by atomic mass is 16.4. The van der Waals surface area contributed by atoms with Crippen LogP contribution in [0.25, 0.3) is 10.9 Å². The summed E-state index contributed by atoms with van der Waals surface area (Å²) >= 11 is 0. The minimum Gasteiger partial charge on any atom is -0.481 e. The van der Waals surface area contributed by atoms with Crippen molar-refractivity contribution in [1.82, 2.24) is 15.6 Å². The van der Waals surface area contributed by atoms with E-state index in [0.29, 0.717) is 25.7 Å². The molecule has 4 N–H and O–H groups in total. The summed E-state index contributed by atoms with van der Waals surface area (Å²) in [6.45, 7) is 1.38. The topological polar surface area (TPSA) is 111 Å². The number of rotatable bonds is 6. The molecule has 1 aliphatic rings. The zero-order chi connectivity index (χ0) is 18.7. The third-order valence-corrected chi connectivity index (χ3v) is 4.92. The summed E-state index contributed by atoms with van der Waals surface area (Å²) in [4.78, 5) is 38.5. The molecule has 1 unspecified atom stereocenters. The number of amides is 2. The van der Waals surface area contributed by atoms with E-state index in [1.165, 1.54) is 6.92 Å². The molecule has 1 aromatic carbocycles. The van der Waals surface area contributed by atoms with Gasteiger partial charge in [0, 0.05) is 36.5 Å². The average Bonchev–Trinajstić information content (AvgIpc) is 3.21. The molecular formula is C19H23N3O4. The van der Waals surface area contributed by atoms with Gasteiger partial charge in [-0.05, 0) is 30.9 Å². The highest BCUT2D eigenvalue weighted by Gasteiger charge is 2.32. The predicted molar refractivity (Wildman–Crippen MR) is 96.5 cm³/mol. The lowest BCUT2D eigenvalue weighted by molar-refractivity contribution is -0.141. The Bertz CT molecular complexity index is 829. The van der Waals surface area contributed by atoms with Crippen LogP contribution in [0.3, 0.4) is 0 Å². The van der Waals surface area contributed by atoms with Crippen LogP contribution in [0.1, 0.15) is 31.7 Å². The van der Waals surface area contributed by atoms with Crippen LogP contribution < -0.4 is 10.6 Å². The van der Waals surface area contributed by atoms with Crippen molar-refractivity contribution < 1.29 is 19.5 Å². The van der Waals surface area contributed by atoms with Gasteiger partial charge in [0.2, 0.25) is 11.8 Å². The van der Waals surface area contributed by atoms with Gasteiger partial charge >= 0.3 is 5.97 Å². The van der Waals surface area contributed by atoms with Gasteiger partial charge in [0.1, 0.15) is 6.04 Å². The molecule has 138 valence electrons. The van der Waals surface area contributed by atoms with Crippen molar-refractivity contribution in [2.24, 2.45) is 5.92 Å². The molecule has 26 heavy (non-hydrogen) atoms. The highest BCUT2D eigenvalue weighted by Crippen LogP contribution is 2.26. The average molecular weight is 357 g/mol. The molecule has 0 bridgehead atoms. The molecule has 0 radical (unpaired) electrons. The molecule has 1 fully saturated rings. The predicted octanol–water partition coefficient (Wildman–Crippen LogP) is 1.58. The first kappa shape index (κ1) is 18.0. The lowest BCUT2D eigenvalue weighted by Gasteiger charge is -2.20. The Morgan fingerprint density at radius 3 is 2.73 bits per heavy atom. The fraction of sp³-hybridized carbons (Fsp3) is 0.421. The number of carboxylic acid groups (broad SMARTS) is 1. The molecule has 7 nitrogen and oxygen atoms in total. The van der Waals surface area contributed by atoms with Crippen LogP contribution >= 0.6 is 0 Å². The van der Waals surface area contributed by atoms with Crippen molar-refractivity contribution >= 4 is 28.7 Å². The van der Waals surface area contributed by atoms with E-state index in [0.717, 1.165) is 16.5 Å². The first-order chi connectivity index (χ1) is 12.4. The largest absolute Gasteiger partial charge is 0.481 e. The molecule has 2 amide bonds. The lowest BCUT2D eigenvalue weighted by atomic mass is 10.0. The Morgan fingerprint density at radius 1 is 1.27 bits per heavy atom. The van der Waals surface area contributed by atoms with Gasteiger partial charge in [-0.25, -0.2) is 0 Å². The standard InChI is InChI=1S/C19H23N3O4/c1-11(23)21-17(9-13-10-20-16-5-3-2-4-15(13)16)18(24)22-14-7-6-12(8-14)19(25)26/h2-5,10,12,14,17,20H,6-9H2,1H3,(H,21,23)(H,22,24)(H,25,26)/t12-,14+,17?/m1/s1. The number of aromatic nitrogens is 1. The Balaban J connectivity index is 1.70. The zero-order valence-electron chi connectivity index (χ0n) is 14.6. The second-order valence-corrected chi connectivity index (χ2v) is 6.87. The van der Waals surface area contributed by atoms with E-state index >= 15 is 0 Å². The summed E-state index contributed by atoms with van der Waals surface area (Å²) in [6.07, 6.45) is 3.85. The van der Waals surface area contributed by atoms with Crippen molar-refractivity contribution in [1.29, 1.82) is 0 Å². The summed E-state index contributed by atoms with van der Waals surface area (Å²) in [5, 5.41) is 15.7. The fourth-order valence-corrected chi connectivity index (χ4v) is 3.61. The van der Waals surface area contributed by atoms with Crippen LogP contribution in [0.4, 0.5) is 0 Å². The number of hydrogen-bond acceptors (Lipinski definition) is 3. The molecule has 3 rings (SSSR count). The molecule has 1 aliphatic carbocycles. The number of fused-ring (bicyclic) bond motifs is 1. The second-order valence-electron chi connectivity index (χ2n) is 6.87. The molecule has 1 heterocycles. The van der Waals surface area contributed by atoms with E-state index in [4.69, 9.17) is 5.11 Å². The van der Waals surface area contributed by atoms with E-state index in [9.17, 15) is 14.4 Å². The number of benzene rings is 1. The number of nitrogens with one attached hydrogen (secondary N) is 3. The lowest BCUT2D eigenvalue weighted by Crippen LogP contribution is -2.49. The van der Waals surface area contributed by atoms with E-state index in [-0.39, 0.29) is 17.9 Å². The maximum atomic E-state index is 12.7. The first-order valence-corrected chi connectivity index (χ1v) is 8.79. The quantitative estimate of drug-likeness (QED) is 0.629. The minimum atomic E-state index is -0.820. The number of hydrogen-bond donors (Lipinski definition) is 4. The molecule has 2 aromatic rings. The van der Waals surface area contributed by atoms with Gasteiger partial charge in [0.25, 0.3) is 0 Å². The maximum absolute atomic E-state index is 12.7. The van der Waals surface area contributed by atoms with Crippen LogP contribution in [0.2, 0.25) is 0 Å². The van der Waals surface area contributed by atoms with E-state index in [1.807, 2.05) is 30.5 Å². The van der Waals surface area contributed by atoms with Crippen molar-refractivity contribution in [3.05, 3.63) is 36.0 Å². The molecular weight excluding hydrogens is 334 g/mol. The Hall–Kier alpha value is -2.83. The number of H-pyrrole nitrogens is 1. The molecule has 7 heteroatoms. The van der Waals surface area contributed by atoms with Crippen LogP contribution in [-0.4, -0.2) is 40.0 Å². The van der Waals surface area contributed by atoms with Crippen molar-refractivity contribution in [3.63, 3.8) is 0 Å². The SMILES string of the molecule is CC(=O)NC(Cc1c[nH]c2ccccc12)C(=O)N[C@H]1CC[C@@H](C(=O)O)C1. The molecule has 0 aliphatic heterocycles. The molecule has 1 aromatic heterocycles. The van der Waals surface area contributed by atoms with Gasteiger partial charge < -0.3 is 20.7 Å². The summed E-state index contributed by atoms with van der Waals surface area (Å²) in [5.74, 6) is -1.78. The summed E-state index contributed by atoms with van der Waals surface area (Å²) < 4.78 is 0. The van der Waals surface area contributed by atoms with Crippen LogP contribution in [-0.2, 0) is 20.8 Å². The number of para-hydroxylation sites is 1. The van der Waals surface area contributed by atoms with Gasteiger partial charge in [-0.15, -0.1) is 0 Å². The zero-order valence-corrected chi connectivity index (χ0v) is 14.6. The first-order valence-electron chi connectivity index (χ1n) is 8.79. The van der Waals surface area contributed by atoms with Crippen LogP contribution in [0, 0.1) is 5.92 Å². The highest BCUT2D eigenvalue weighted by molar-refractivity contribution is 5.89. The third kappa shape index (κ3) is 4.04. The van der Waals surface area contributed by atoms with E-state index in [2.05, 4.69) is 15.6 Å². The summed E-state index contributed by atoms with van der Waals surface area (Å²) in [6, 6.07) is 6.92. The Kier molecular flexibility index (Phi) is 5.25. The second kappa shape index (κ2) is 7.59. The van der Waals surface area contributed by atoms with Gasteiger partial charge in [-0.2, -0.15) is 0 Å². The number of aliphatic carboxylic acids is 1. The Morgan fingerprint density at radius 2 is 2.04 bits per heavy atom. The van der Waals surface area contributed by atoms with Crippen molar-refractivity contribution in [2.75, 3.05) is 0 Å². The molecule has 1 saturated carbocycles. The van der Waals surface area contributed by atoms with Gasteiger partial charge in [-0.3, -0.25) is 14.4 Å². The van der Waals surface area contributed by atoms with Crippen molar-refractivity contribution in [2.45, 2.75) is 44.7 Å². The molecule has 0 spiro atoms. The van der Waals surface area contributed by atoms with Crippen LogP contribution in [0.15, 0.2) is 30.5 Å². The normalized spacial score (nSPS) is 20.7. The number of carbonyl (C=O) groups excluding carboxylic acids is 2. The fourth-order valence-electron chi connectivity index (χ4n) is 3.61. The number of carbonyl (C=O) groups is 3. The summed E-state index contributed by atoms with van der Waals surface area (Å²) in [5.41, 5.74) is 1.92. The van der Waals surface area contributed by atoms with E-state index < -0.39 is 17.9 Å². The number of carboxylic acids is 1. The van der Waals surface area contributed by atoms with E-state index in [1.54, 1.807) is 0 Å². The van der Waals surface area contributed by atoms with Gasteiger partial charge in [0.15, 0.2) is 0 Å².